The summed E-state index contributed by atoms with van der Waals surface area (Å²) < 4.78 is 0. The Morgan fingerprint density at radius 1 is 1.18 bits per heavy atom. The number of para-hydroxylation sites is 1. The topological polar surface area (TPSA) is 61.8 Å². The second-order valence-corrected chi connectivity index (χ2v) is 3.84. The first-order valence-corrected chi connectivity index (χ1v) is 5.36. The van der Waals surface area contributed by atoms with Crippen molar-refractivity contribution in [1.82, 2.24) is 15.0 Å². The van der Waals surface area contributed by atoms with E-state index in [1.807, 2.05) is 30.3 Å². The van der Waals surface area contributed by atoms with Gasteiger partial charge >= 0.3 is 0 Å². The number of H-pyrrole nitrogens is 1. The van der Waals surface area contributed by atoms with Crippen molar-refractivity contribution < 1.29 is 5.11 Å². The fourth-order valence-corrected chi connectivity index (χ4v) is 1.82. The van der Waals surface area contributed by atoms with Crippen LogP contribution < -0.4 is 0 Å². The zero-order valence-electron chi connectivity index (χ0n) is 9.04. The number of hydrogen-bond acceptors (Lipinski definition) is 3. The molecule has 4 heteroatoms. The third-order valence-corrected chi connectivity index (χ3v) is 2.71. The van der Waals surface area contributed by atoms with Crippen molar-refractivity contribution in [3.63, 3.8) is 0 Å². The van der Waals surface area contributed by atoms with E-state index in [4.69, 9.17) is 0 Å². The molecule has 0 saturated carbocycles. The highest BCUT2D eigenvalue weighted by atomic mass is 16.3. The summed E-state index contributed by atoms with van der Waals surface area (Å²) in [6.45, 7) is 0. The Bertz CT molecular complexity index is 634. The minimum atomic E-state index is -0.762. The van der Waals surface area contributed by atoms with Crippen LogP contribution in [0.2, 0.25) is 0 Å². The van der Waals surface area contributed by atoms with Crippen LogP contribution in [-0.4, -0.2) is 20.1 Å². The Morgan fingerprint density at radius 3 is 2.88 bits per heavy atom. The number of nitrogens with zero attached hydrogens (tertiary/aromatic N) is 2. The minimum absolute atomic E-state index is 0.530. The molecule has 0 fully saturated rings. The zero-order chi connectivity index (χ0) is 11.7. The number of aliphatic hydroxyl groups is 1. The first-order chi connectivity index (χ1) is 8.34. The summed E-state index contributed by atoms with van der Waals surface area (Å²) in [4.78, 5) is 11.2. The number of aliphatic hydroxyl groups excluding tert-OH is 1. The van der Waals surface area contributed by atoms with Gasteiger partial charge in [-0.15, -0.1) is 0 Å². The molecule has 0 radical (unpaired) electrons. The lowest BCUT2D eigenvalue weighted by Crippen LogP contribution is -2.02. The van der Waals surface area contributed by atoms with Gasteiger partial charge in [0, 0.05) is 29.5 Å². The molecule has 0 aliphatic carbocycles. The lowest BCUT2D eigenvalue weighted by Gasteiger charge is -2.08. The van der Waals surface area contributed by atoms with Crippen LogP contribution >= 0.6 is 0 Å². The summed E-state index contributed by atoms with van der Waals surface area (Å²) in [7, 11) is 0. The Kier molecular flexibility index (Phi) is 2.34. The maximum atomic E-state index is 10.1. The van der Waals surface area contributed by atoms with Gasteiger partial charge in [-0.2, -0.15) is 0 Å². The molecular formula is C13H11N3O. The van der Waals surface area contributed by atoms with E-state index < -0.39 is 6.10 Å². The van der Waals surface area contributed by atoms with Gasteiger partial charge in [0.15, 0.2) is 0 Å². The molecule has 0 aliphatic rings. The smallest absolute Gasteiger partial charge is 0.139 e. The average molecular weight is 225 g/mol. The van der Waals surface area contributed by atoms with E-state index in [0.717, 1.165) is 16.5 Å². The van der Waals surface area contributed by atoms with Gasteiger partial charge in [-0.3, -0.25) is 4.98 Å². The number of rotatable bonds is 2. The predicted molar refractivity (Wildman–Crippen MR) is 64.4 cm³/mol. The van der Waals surface area contributed by atoms with Crippen LogP contribution in [0.4, 0.5) is 0 Å². The van der Waals surface area contributed by atoms with Gasteiger partial charge in [0.1, 0.15) is 11.9 Å². The number of imidazole rings is 1. The van der Waals surface area contributed by atoms with Crippen molar-refractivity contribution in [3.05, 3.63) is 60.3 Å². The highest BCUT2D eigenvalue weighted by molar-refractivity contribution is 5.78. The number of pyridine rings is 1. The highest BCUT2D eigenvalue weighted by Gasteiger charge is 2.13. The molecule has 84 valence electrons. The second kappa shape index (κ2) is 3.99. The largest absolute Gasteiger partial charge is 0.380 e. The molecule has 2 N–H and O–H groups in total. The van der Waals surface area contributed by atoms with Gasteiger partial charge in [0.25, 0.3) is 0 Å². The van der Waals surface area contributed by atoms with Crippen molar-refractivity contribution in [3.8, 4) is 0 Å². The Balaban J connectivity index is 2.06. The molecule has 0 aliphatic heterocycles. The lowest BCUT2D eigenvalue weighted by molar-refractivity contribution is 0.211. The summed E-state index contributed by atoms with van der Waals surface area (Å²) in [6, 6.07) is 9.74. The van der Waals surface area contributed by atoms with E-state index in [2.05, 4.69) is 15.0 Å². The van der Waals surface area contributed by atoms with Crippen LogP contribution in [0, 0.1) is 0 Å². The summed E-state index contributed by atoms with van der Waals surface area (Å²) in [6.07, 6.45) is 4.22. The maximum absolute atomic E-state index is 10.1. The van der Waals surface area contributed by atoms with Gasteiger partial charge in [-0.25, -0.2) is 4.98 Å². The van der Waals surface area contributed by atoms with Gasteiger partial charge in [-0.05, 0) is 12.1 Å². The molecule has 2 heterocycles. The number of benzene rings is 1. The summed E-state index contributed by atoms with van der Waals surface area (Å²) in [5.74, 6) is 0.530. The first-order valence-electron chi connectivity index (χ1n) is 5.36. The van der Waals surface area contributed by atoms with E-state index in [-0.39, 0.29) is 0 Å². The van der Waals surface area contributed by atoms with Crippen LogP contribution in [0.15, 0.2) is 48.9 Å². The molecule has 3 aromatic rings. The molecule has 4 nitrogen and oxygen atoms in total. The monoisotopic (exact) mass is 225 g/mol. The zero-order valence-corrected chi connectivity index (χ0v) is 9.04. The first kappa shape index (κ1) is 9.99. The van der Waals surface area contributed by atoms with Crippen molar-refractivity contribution >= 4 is 10.9 Å². The molecule has 1 aromatic carbocycles. The summed E-state index contributed by atoms with van der Waals surface area (Å²) in [5.41, 5.74) is 1.65. The molecule has 2 aromatic heterocycles. The second-order valence-electron chi connectivity index (χ2n) is 3.84. The SMILES string of the molecule is OC(c1cnc2ccccc2c1)c1ncc[nH]1. The van der Waals surface area contributed by atoms with E-state index in [1.165, 1.54) is 0 Å². The molecule has 0 bridgehead atoms. The lowest BCUT2D eigenvalue weighted by atomic mass is 10.1. The van der Waals surface area contributed by atoms with E-state index in [1.54, 1.807) is 18.6 Å². The Labute approximate surface area is 98.0 Å². The average Bonchev–Trinajstić information content (AvgIpc) is 2.91. The van der Waals surface area contributed by atoms with Crippen molar-refractivity contribution in [2.45, 2.75) is 6.10 Å². The van der Waals surface area contributed by atoms with Crippen molar-refractivity contribution in [2.75, 3.05) is 0 Å². The number of aromatic amines is 1. The fourth-order valence-electron chi connectivity index (χ4n) is 1.82. The van der Waals surface area contributed by atoms with Crippen LogP contribution in [0.5, 0.6) is 0 Å². The Hall–Kier alpha value is -2.20. The number of fused-ring (bicyclic) bond motifs is 1. The Morgan fingerprint density at radius 2 is 2.06 bits per heavy atom. The van der Waals surface area contributed by atoms with Crippen molar-refractivity contribution in [1.29, 1.82) is 0 Å². The summed E-state index contributed by atoms with van der Waals surface area (Å²) >= 11 is 0. The van der Waals surface area contributed by atoms with Gasteiger partial charge in [0.05, 0.1) is 5.52 Å². The minimum Gasteiger partial charge on any atom is -0.380 e. The normalized spacial score (nSPS) is 12.8. The molecule has 0 spiro atoms. The molecule has 1 atom stereocenters. The van der Waals surface area contributed by atoms with Crippen LogP contribution in [0.25, 0.3) is 10.9 Å². The van der Waals surface area contributed by atoms with Crippen LogP contribution in [0.3, 0.4) is 0 Å². The fraction of sp³-hybridized carbons (Fsp3) is 0.0769. The number of aromatic nitrogens is 3. The van der Waals surface area contributed by atoms with E-state index in [0.29, 0.717) is 5.82 Å². The van der Waals surface area contributed by atoms with Crippen molar-refractivity contribution in [2.24, 2.45) is 0 Å². The van der Waals surface area contributed by atoms with Gasteiger partial charge in [0.2, 0.25) is 0 Å². The van der Waals surface area contributed by atoms with Gasteiger partial charge in [-0.1, -0.05) is 18.2 Å². The van der Waals surface area contributed by atoms with Crippen LogP contribution in [-0.2, 0) is 0 Å². The molecule has 0 saturated heterocycles. The quantitative estimate of drug-likeness (QED) is 0.701. The van der Waals surface area contributed by atoms with Crippen LogP contribution in [0.1, 0.15) is 17.5 Å². The van der Waals surface area contributed by atoms with E-state index in [9.17, 15) is 5.11 Å². The molecule has 0 amide bonds. The summed E-state index contributed by atoms with van der Waals surface area (Å²) in [5, 5.41) is 11.1. The molecule has 17 heavy (non-hydrogen) atoms. The number of hydrogen-bond donors (Lipinski definition) is 2. The number of nitrogens with one attached hydrogen (secondary N) is 1. The maximum Gasteiger partial charge on any atom is 0.139 e. The van der Waals surface area contributed by atoms with Gasteiger partial charge < -0.3 is 10.1 Å². The third kappa shape index (κ3) is 1.79. The third-order valence-electron chi connectivity index (χ3n) is 2.71. The standard InChI is InChI=1S/C13H11N3O/c17-12(13-14-5-6-15-13)10-7-9-3-1-2-4-11(9)16-8-10/h1-8,12,17H,(H,14,15). The molecule has 3 rings (SSSR count). The highest BCUT2D eigenvalue weighted by Crippen LogP contribution is 2.21. The predicted octanol–water partition coefficient (Wildman–Crippen LogP) is 2.04. The molecular weight excluding hydrogens is 214 g/mol. The van der Waals surface area contributed by atoms with E-state index >= 15 is 0 Å². The molecule has 1 unspecified atom stereocenters.